The number of benzene rings is 2. The minimum Gasteiger partial charge on any atom is -0.302 e. The van der Waals surface area contributed by atoms with E-state index in [1.165, 1.54) is 35.5 Å². The minimum absolute atomic E-state index is 0.0145. The molecule has 0 aliphatic rings. The van der Waals surface area contributed by atoms with E-state index in [2.05, 4.69) is 53.6 Å². The topological polar surface area (TPSA) is 72.2 Å². The Kier molecular flexibility index (Phi) is 7.81. The van der Waals surface area contributed by atoms with Crippen molar-refractivity contribution in [2.75, 3.05) is 5.75 Å². The van der Waals surface area contributed by atoms with Crippen molar-refractivity contribution in [3.05, 3.63) is 65.2 Å². The molecule has 3 rings (SSSR count). The smallest absolute Gasteiger partial charge is 0.302 e. The molecule has 10 heteroatoms. The molecule has 3 aromatic rings. The van der Waals surface area contributed by atoms with Crippen LogP contribution < -0.4 is 5.43 Å². The average molecular weight is 490 g/mol. The third-order valence-corrected chi connectivity index (χ3v) is 6.00. The van der Waals surface area contributed by atoms with Gasteiger partial charge in [0.2, 0.25) is 0 Å². The van der Waals surface area contributed by atoms with Gasteiger partial charge < -0.3 is 4.57 Å². The number of thioether (sulfide) groups is 1. The fraction of sp³-hybridized carbons (Fsp3) is 0.333. The zero-order valence-corrected chi connectivity index (χ0v) is 20.2. The quantitative estimate of drug-likeness (QED) is 0.269. The molecule has 0 fully saturated rings. The highest BCUT2D eigenvalue weighted by Crippen LogP contribution is 2.31. The van der Waals surface area contributed by atoms with Gasteiger partial charge in [0.25, 0.3) is 5.91 Å². The third-order valence-electron chi connectivity index (χ3n) is 5.03. The lowest BCUT2D eigenvalue weighted by Crippen LogP contribution is -2.20. The number of aromatic nitrogens is 3. The summed E-state index contributed by atoms with van der Waals surface area (Å²) in [4.78, 5) is 12.2. The van der Waals surface area contributed by atoms with Gasteiger partial charge in [0.05, 0.1) is 17.5 Å². The standard InChI is InChI=1S/C24H26F3N5OS/c1-5-32-21(16-10-12-18(13-11-16)23(2,3)4)30-31-22(32)34-15-20(33)29-28-14-17-8-6-7-9-19(17)24(25,26)27/h6-14H,5,15H2,1-4H3,(H,29,33)/b28-14-. The van der Waals surface area contributed by atoms with Gasteiger partial charge in [0.15, 0.2) is 11.0 Å². The number of halogens is 3. The Morgan fingerprint density at radius 2 is 1.76 bits per heavy atom. The molecule has 0 saturated carbocycles. The van der Waals surface area contributed by atoms with Crippen LogP contribution in [0.5, 0.6) is 0 Å². The summed E-state index contributed by atoms with van der Waals surface area (Å²) in [7, 11) is 0. The first-order valence-electron chi connectivity index (χ1n) is 10.7. The Morgan fingerprint density at radius 3 is 2.38 bits per heavy atom. The van der Waals surface area contributed by atoms with E-state index in [0.29, 0.717) is 17.5 Å². The number of amides is 1. The van der Waals surface area contributed by atoms with E-state index in [1.807, 2.05) is 23.6 Å². The SMILES string of the molecule is CCn1c(SCC(=O)N/N=C\c2ccccc2C(F)(F)F)nnc1-c1ccc(C(C)(C)C)cc1. The highest BCUT2D eigenvalue weighted by atomic mass is 32.2. The van der Waals surface area contributed by atoms with E-state index in [0.717, 1.165) is 17.8 Å². The average Bonchev–Trinajstić information content (AvgIpc) is 3.20. The molecule has 0 radical (unpaired) electrons. The molecule has 0 bridgehead atoms. The van der Waals surface area contributed by atoms with Gasteiger partial charge in [-0.15, -0.1) is 10.2 Å². The third kappa shape index (κ3) is 6.25. The van der Waals surface area contributed by atoms with E-state index in [4.69, 9.17) is 0 Å². The Balaban J connectivity index is 1.64. The molecule has 0 spiro atoms. The zero-order valence-electron chi connectivity index (χ0n) is 19.3. The number of hydrogen-bond acceptors (Lipinski definition) is 5. The highest BCUT2D eigenvalue weighted by Gasteiger charge is 2.32. The maximum atomic E-state index is 13.0. The molecule has 180 valence electrons. The molecule has 0 atom stereocenters. The predicted octanol–water partition coefficient (Wildman–Crippen LogP) is 5.52. The normalized spacial score (nSPS) is 12.3. The number of carbonyl (C=O) groups is 1. The van der Waals surface area contributed by atoms with Crippen LogP contribution in [0.1, 0.15) is 44.4 Å². The van der Waals surface area contributed by atoms with E-state index in [9.17, 15) is 18.0 Å². The van der Waals surface area contributed by atoms with Crippen molar-refractivity contribution < 1.29 is 18.0 Å². The summed E-state index contributed by atoms with van der Waals surface area (Å²) in [5.41, 5.74) is 3.49. The van der Waals surface area contributed by atoms with Crippen molar-refractivity contribution in [2.45, 2.75) is 51.0 Å². The fourth-order valence-electron chi connectivity index (χ4n) is 3.22. The summed E-state index contributed by atoms with van der Waals surface area (Å²) < 4.78 is 41.0. The van der Waals surface area contributed by atoms with Gasteiger partial charge in [0, 0.05) is 17.7 Å². The Labute approximate surface area is 200 Å². The molecule has 1 aromatic heterocycles. The van der Waals surface area contributed by atoms with Crippen LogP contribution in [-0.2, 0) is 22.9 Å². The van der Waals surface area contributed by atoms with Gasteiger partial charge in [-0.2, -0.15) is 18.3 Å². The van der Waals surface area contributed by atoms with Crippen molar-refractivity contribution in [3.63, 3.8) is 0 Å². The Bertz CT molecular complexity index is 1160. The summed E-state index contributed by atoms with van der Waals surface area (Å²) in [6, 6.07) is 13.2. The highest BCUT2D eigenvalue weighted by molar-refractivity contribution is 7.99. The predicted molar refractivity (Wildman–Crippen MR) is 128 cm³/mol. The molecule has 1 heterocycles. The van der Waals surface area contributed by atoms with Crippen molar-refractivity contribution in [1.82, 2.24) is 20.2 Å². The second kappa shape index (κ2) is 10.4. The first kappa shape index (κ1) is 25.5. The molecule has 34 heavy (non-hydrogen) atoms. The maximum Gasteiger partial charge on any atom is 0.417 e. The molecule has 0 unspecified atom stereocenters. The molecule has 6 nitrogen and oxygen atoms in total. The lowest BCUT2D eigenvalue weighted by molar-refractivity contribution is -0.137. The van der Waals surface area contributed by atoms with Crippen LogP contribution in [0.15, 0.2) is 58.8 Å². The summed E-state index contributed by atoms with van der Waals surface area (Å²) >= 11 is 1.18. The lowest BCUT2D eigenvalue weighted by atomic mass is 9.87. The minimum atomic E-state index is -4.50. The number of carbonyl (C=O) groups excluding carboxylic acids is 1. The summed E-state index contributed by atoms with van der Waals surface area (Å²) in [6.07, 6.45) is -3.52. The number of hydrazone groups is 1. The van der Waals surface area contributed by atoms with E-state index < -0.39 is 17.6 Å². The second-order valence-corrected chi connectivity index (χ2v) is 9.49. The number of alkyl halides is 3. The zero-order chi connectivity index (χ0) is 24.9. The molecular weight excluding hydrogens is 463 g/mol. The van der Waals surface area contributed by atoms with Crippen LogP contribution in [0.2, 0.25) is 0 Å². The molecule has 1 amide bonds. The van der Waals surface area contributed by atoms with Crippen molar-refractivity contribution >= 4 is 23.9 Å². The van der Waals surface area contributed by atoms with Crippen molar-refractivity contribution in [3.8, 4) is 11.4 Å². The van der Waals surface area contributed by atoms with Crippen LogP contribution in [-0.4, -0.2) is 32.6 Å². The number of hydrogen-bond donors (Lipinski definition) is 1. The second-order valence-electron chi connectivity index (χ2n) is 8.54. The first-order valence-corrected chi connectivity index (χ1v) is 11.6. The van der Waals surface area contributed by atoms with Crippen molar-refractivity contribution in [1.29, 1.82) is 0 Å². The van der Waals surface area contributed by atoms with Gasteiger partial charge in [0.1, 0.15) is 0 Å². The molecule has 2 aromatic carbocycles. The van der Waals surface area contributed by atoms with Gasteiger partial charge in [-0.1, -0.05) is 75.0 Å². The van der Waals surface area contributed by atoms with Crippen molar-refractivity contribution in [2.24, 2.45) is 5.10 Å². The van der Waals surface area contributed by atoms with Crippen LogP contribution >= 0.6 is 11.8 Å². The number of nitrogens with zero attached hydrogens (tertiary/aromatic N) is 4. The summed E-state index contributed by atoms with van der Waals surface area (Å²) in [5, 5.41) is 12.7. The van der Waals surface area contributed by atoms with Gasteiger partial charge in [-0.05, 0) is 24.0 Å². The Morgan fingerprint density at radius 1 is 1.09 bits per heavy atom. The largest absolute Gasteiger partial charge is 0.417 e. The number of rotatable bonds is 7. The summed E-state index contributed by atoms with van der Waals surface area (Å²) in [5.74, 6) is 0.222. The molecule has 0 aliphatic heterocycles. The van der Waals surface area contributed by atoms with E-state index in [1.54, 1.807) is 0 Å². The van der Waals surface area contributed by atoms with Crippen LogP contribution in [0.3, 0.4) is 0 Å². The van der Waals surface area contributed by atoms with Gasteiger partial charge in [-0.3, -0.25) is 4.79 Å². The van der Waals surface area contributed by atoms with Crippen LogP contribution in [0.4, 0.5) is 13.2 Å². The molecule has 1 N–H and O–H groups in total. The van der Waals surface area contributed by atoms with Crippen LogP contribution in [0, 0.1) is 0 Å². The molecule has 0 saturated heterocycles. The van der Waals surface area contributed by atoms with Crippen LogP contribution in [0.25, 0.3) is 11.4 Å². The van der Waals surface area contributed by atoms with E-state index in [-0.39, 0.29) is 16.7 Å². The first-order chi connectivity index (χ1) is 16.0. The Hall–Kier alpha value is -3.14. The fourth-order valence-corrected chi connectivity index (χ4v) is 4.01. The van der Waals surface area contributed by atoms with E-state index >= 15 is 0 Å². The van der Waals surface area contributed by atoms with Gasteiger partial charge in [-0.25, -0.2) is 5.43 Å². The molecule has 0 aliphatic carbocycles. The number of nitrogens with one attached hydrogen (secondary N) is 1. The molecular formula is C24H26F3N5OS. The summed E-state index contributed by atoms with van der Waals surface area (Å²) in [6.45, 7) is 9.02. The maximum absolute atomic E-state index is 13.0. The monoisotopic (exact) mass is 489 g/mol. The van der Waals surface area contributed by atoms with Gasteiger partial charge >= 0.3 is 6.18 Å². The lowest BCUT2D eigenvalue weighted by Gasteiger charge is -2.19.